The van der Waals surface area contributed by atoms with Gasteiger partial charge in [-0.15, -0.1) is 0 Å². The number of rotatable bonds is 2. The Kier molecular flexibility index (Phi) is 2.72. The van der Waals surface area contributed by atoms with Crippen molar-refractivity contribution in [2.45, 2.75) is 4.90 Å². The number of hydrogen-bond donors (Lipinski definition) is 0. The van der Waals surface area contributed by atoms with E-state index in [4.69, 9.17) is 0 Å². The molecule has 0 aliphatic carbocycles. The molecule has 3 nitrogen and oxygen atoms in total. The topological polar surface area (TPSA) is 34.4 Å². The molecule has 0 fully saturated rings. The molecular weight excluding hydrogens is 244 g/mol. The fraction of sp³-hybridized carbons (Fsp3) is 0.0714. The van der Waals surface area contributed by atoms with Crippen LogP contribution in [0.1, 0.15) is 0 Å². The van der Waals surface area contributed by atoms with E-state index in [9.17, 15) is 4.21 Å². The quantitative estimate of drug-likeness (QED) is 0.706. The van der Waals surface area contributed by atoms with Crippen molar-refractivity contribution in [2.75, 3.05) is 6.26 Å². The van der Waals surface area contributed by atoms with Crippen molar-refractivity contribution in [3.8, 4) is 11.3 Å². The highest BCUT2D eigenvalue weighted by Gasteiger charge is 2.04. The van der Waals surface area contributed by atoms with Crippen LogP contribution in [0.5, 0.6) is 0 Å². The maximum absolute atomic E-state index is 11.3. The summed E-state index contributed by atoms with van der Waals surface area (Å²) in [4.78, 5) is 5.38. The molecular formula is C14H12N2OS. The van der Waals surface area contributed by atoms with E-state index in [0.29, 0.717) is 0 Å². The van der Waals surface area contributed by atoms with Crippen LogP contribution >= 0.6 is 0 Å². The Labute approximate surface area is 108 Å². The molecule has 0 aliphatic heterocycles. The van der Waals surface area contributed by atoms with Gasteiger partial charge in [-0.05, 0) is 24.3 Å². The van der Waals surface area contributed by atoms with Crippen LogP contribution in [-0.2, 0) is 10.8 Å². The van der Waals surface area contributed by atoms with Crippen molar-refractivity contribution in [3.63, 3.8) is 0 Å². The maximum atomic E-state index is 11.3. The first-order valence-electron chi connectivity index (χ1n) is 5.61. The molecule has 90 valence electrons. The third-order valence-electron chi connectivity index (χ3n) is 2.85. The van der Waals surface area contributed by atoms with E-state index in [-0.39, 0.29) is 0 Å². The summed E-state index contributed by atoms with van der Waals surface area (Å²) < 4.78 is 13.3. The predicted octanol–water partition coefficient (Wildman–Crippen LogP) is 2.74. The van der Waals surface area contributed by atoms with E-state index >= 15 is 0 Å². The summed E-state index contributed by atoms with van der Waals surface area (Å²) in [6.07, 6.45) is 5.65. The van der Waals surface area contributed by atoms with Gasteiger partial charge in [-0.2, -0.15) is 0 Å². The van der Waals surface area contributed by atoms with Gasteiger partial charge in [0.2, 0.25) is 0 Å². The van der Waals surface area contributed by atoms with E-state index in [2.05, 4.69) is 4.98 Å². The minimum absolute atomic E-state index is 0.836. The Balaban J connectivity index is 2.06. The molecule has 0 radical (unpaired) electrons. The van der Waals surface area contributed by atoms with Gasteiger partial charge < -0.3 is 4.40 Å². The highest BCUT2D eigenvalue weighted by molar-refractivity contribution is 7.84. The molecule has 0 spiro atoms. The molecule has 0 amide bonds. The van der Waals surface area contributed by atoms with Crippen molar-refractivity contribution < 1.29 is 4.21 Å². The van der Waals surface area contributed by atoms with Gasteiger partial charge in [-0.25, -0.2) is 4.98 Å². The summed E-state index contributed by atoms with van der Waals surface area (Å²) in [7, 11) is -0.934. The largest absolute Gasteiger partial charge is 0.306 e. The molecule has 0 saturated carbocycles. The normalized spacial score (nSPS) is 12.7. The first kappa shape index (κ1) is 11.2. The Morgan fingerprint density at radius 3 is 2.56 bits per heavy atom. The van der Waals surface area contributed by atoms with E-state index in [1.165, 1.54) is 0 Å². The molecule has 2 heterocycles. The first-order valence-corrected chi connectivity index (χ1v) is 7.17. The van der Waals surface area contributed by atoms with E-state index in [1.807, 2.05) is 59.3 Å². The molecule has 2 aromatic heterocycles. The molecule has 3 rings (SSSR count). The Morgan fingerprint density at radius 1 is 1.11 bits per heavy atom. The van der Waals surface area contributed by atoms with Crippen molar-refractivity contribution in [2.24, 2.45) is 0 Å². The number of imidazole rings is 1. The molecule has 1 aromatic carbocycles. The molecule has 0 saturated heterocycles. The average Bonchev–Trinajstić information content (AvgIpc) is 2.82. The Morgan fingerprint density at radius 2 is 1.89 bits per heavy atom. The molecule has 0 aliphatic rings. The zero-order chi connectivity index (χ0) is 12.5. The lowest BCUT2D eigenvalue weighted by Gasteiger charge is -1.98. The molecule has 3 aromatic rings. The lowest BCUT2D eigenvalue weighted by molar-refractivity contribution is 0.687. The van der Waals surface area contributed by atoms with Crippen molar-refractivity contribution >= 4 is 16.4 Å². The second-order valence-electron chi connectivity index (χ2n) is 4.07. The summed E-state index contributed by atoms with van der Waals surface area (Å²) in [6.45, 7) is 0. The monoisotopic (exact) mass is 256 g/mol. The van der Waals surface area contributed by atoms with E-state index < -0.39 is 10.8 Å². The number of pyridine rings is 1. The standard InChI is InChI=1S/C14H12N2OS/c1-18(17)12-7-5-11(6-8-12)13-10-16-9-3-2-4-14(16)15-13/h2-10H,1H3. The molecule has 4 heteroatoms. The molecule has 0 N–H and O–H groups in total. The Hall–Kier alpha value is -1.94. The first-order chi connectivity index (χ1) is 8.74. The lowest BCUT2D eigenvalue weighted by atomic mass is 10.2. The summed E-state index contributed by atoms with van der Waals surface area (Å²) in [6, 6.07) is 13.6. The molecule has 1 unspecified atom stereocenters. The van der Waals surface area contributed by atoms with Crippen molar-refractivity contribution in [1.82, 2.24) is 9.38 Å². The van der Waals surface area contributed by atoms with Gasteiger partial charge in [-0.1, -0.05) is 18.2 Å². The summed E-state index contributed by atoms with van der Waals surface area (Å²) in [5.74, 6) is 0. The lowest BCUT2D eigenvalue weighted by Crippen LogP contribution is -1.86. The van der Waals surface area contributed by atoms with E-state index in [1.54, 1.807) is 6.26 Å². The zero-order valence-corrected chi connectivity index (χ0v) is 10.7. The van der Waals surface area contributed by atoms with Crippen LogP contribution in [0.3, 0.4) is 0 Å². The van der Waals surface area contributed by atoms with Gasteiger partial charge in [0.15, 0.2) is 0 Å². The average molecular weight is 256 g/mol. The Bertz CT molecular complexity index is 683. The number of benzene rings is 1. The van der Waals surface area contributed by atoms with Crippen LogP contribution < -0.4 is 0 Å². The number of fused-ring (bicyclic) bond motifs is 1. The minimum Gasteiger partial charge on any atom is -0.306 e. The zero-order valence-electron chi connectivity index (χ0n) is 9.91. The van der Waals surface area contributed by atoms with Crippen molar-refractivity contribution in [1.29, 1.82) is 0 Å². The van der Waals surface area contributed by atoms with Crippen LogP contribution in [-0.4, -0.2) is 19.8 Å². The van der Waals surface area contributed by atoms with Crippen LogP contribution in [0.4, 0.5) is 0 Å². The third kappa shape index (κ3) is 1.95. The molecule has 18 heavy (non-hydrogen) atoms. The van der Waals surface area contributed by atoms with E-state index in [0.717, 1.165) is 21.8 Å². The van der Waals surface area contributed by atoms with Gasteiger partial charge in [0.1, 0.15) is 5.65 Å². The van der Waals surface area contributed by atoms with Crippen LogP contribution in [0.15, 0.2) is 59.8 Å². The smallest absolute Gasteiger partial charge is 0.137 e. The van der Waals surface area contributed by atoms with Crippen LogP contribution in [0.2, 0.25) is 0 Å². The fourth-order valence-corrected chi connectivity index (χ4v) is 2.41. The van der Waals surface area contributed by atoms with Gasteiger partial charge in [0, 0.05) is 39.9 Å². The molecule has 0 bridgehead atoms. The maximum Gasteiger partial charge on any atom is 0.137 e. The number of hydrogen-bond acceptors (Lipinski definition) is 2. The summed E-state index contributed by atoms with van der Waals surface area (Å²) >= 11 is 0. The van der Waals surface area contributed by atoms with Gasteiger partial charge in [0.05, 0.1) is 5.69 Å². The minimum atomic E-state index is -0.934. The highest BCUT2D eigenvalue weighted by Crippen LogP contribution is 2.20. The van der Waals surface area contributed by atoms with Gasteiger partial charge in [-0.3, -0.25) is 4.21 Å². The van der Waals surface area contributed by atoms with Gasteiger partial charge >= 0.3 is 0 Å². The van der Waals surface area contributed by atoms with Crippen LogP contribution in [0, 0.1) is 0 Å². The molecule has 1 atom stereocenters. The summed E-state index contributed by atoms with van der Waals surface area (Å²) in [5, 5.41) is 0. The summed E-state index contributed by atoms with van der Waals surface area (Å²) in [5.41, 5.74) is 2.89. The third-order valence-corrected chi connectivity index (χ3v) is 3.78. The fourth-order valence-electron chi connectivity index (χ4n) is 1.89. The van der Waals surface area contributed by atoms with Gasteiger partial charge in [0.25, 0.3) is 0 Å². The number of aromatic nitrogens is 2. The second-order valence-corrected chi connectivity index (χ2v) is 5.45. The highest BCUT2D eigenvalue weighted by atomic mass is 32.2. The van der Waals surface area contributed by atoms with Crippen LogP contribution in [0.25, 0.3) is 16.9 Å². The predicted molar refractivity (Wildman–Crippen MR) is 73.0 cm³/mol. The van der Waals surface area contributed by atoms with Crippen molar-refractivity contribution in [3.05, 3.63) is 54.9 Å². The number of nitrogens with zero attached hydrogens (tertiary/aromatic N) is 2. The second kappa shape index (κ2) is 4.38. The SMILES string of the molecule is CS(=O)c1ccc(-c2cn3ccccc3n2)cc1.